The SMILES string of the molecule is CCCCCNC(=O)C(C)Oc1ccc(OC)cc1. The molecule has 1 N–H and O–H groups in total. The topological polar surface area (TPSA) is 47.6 Å². The predicted octanol–water partition coefficient (Wildman–Crippen LogP) is 2.77. The Morgan fingerprint density at radius 3 is 2.42 bits per heavy atom. The number of methoxy groups -OCH3 is 1. The summed E-state index contributed by atoms with van der Waals surface area (Å²) in [5, 5.41) is 2.87. The van der Waals surface area contributed by atoms with E-state index in [2.05, 4.69) is 12.2 Å². The maximum atomic E-state index is 11.8. The number of carbonyl (C=O) groups excluding carboxylic acids is 1. The van der Waals surface area contributed by atoms with Crippen LogP contribution in [-0.4, -0.2) is 25.7 Å². The van der Waals surface area contributed by atoms with Crippen LogP contribution in [-0.2, 0) is 4.79 Å². The van der Waals surface area contributed by atoms with Crippen LogP contribution in [0, 0.1) is 0 Å². The van der Waals surface area contributed by atoms with E-state index in [1.54, 1.807) is 38.3 Å². The zero-order valence-corrected chi connectivity index (χ0v) is 11.9. The van der Waals surface area contributed by atoms with E-state index in [-0.39, 0.29) is 5.91 Å². The first-order chi connectivity index (χ1) is 9.17. The maximum Gasteiger partial charge on any atom is 0.260 e. The average molecular weight is 265 g/mol. The molecule has 19 heavy (non-hydrogen) atoms. The zero-order valence-electron chi connectivity index (χ0n) is 11.9. The van der Waals surface area contributed by atoms with Crippen LogP contribution in [0.5, 0.6) is 11.5 Å². The molecule has 1 rings (SSSR count). The van der Waals surface area contributed by atoms with E-state index in [1.807, 2.05) is 0 Å². The van der Waals surface area contributed by atoms with Crippen LogP contribution in [0.15, 0.2) is 24.3 Å². The third kappa shape index (κ3) is 5.64. The number of carbonyl (C=O) groups is 1. The molecule has 4 heteroatoms. The highest BCUT2D eigenvalue weighted by atomic mass is 16.5. The number of ether oxygens (including phenoxy) is 2. The van der Waals surface area contributed by atoms with E-state index in [0.717, 1.165) is 25.0 Å². The van der Waals surface area contributed by atoms with E-state index in [0.29, 0.717) is 12.3 Å². The monoisotopic (exact) mass is 265 g/mol. The van der Waals surface area contributed by atoms with Gasteiger partial charge in [-0.25, -0.2) is 0 Å². The van der Waals surface area contributed by atoms with Crippen molar-refractivity contribution < 1.29 is 14.3 Å². The molecule has 106 valence electrons. The highest BCUT2D eigenvalue weighted by molar-refractivity contribution is 5.80. The Morgan fingerprint density at radius 2 is 1.84 bits per heavy atom. The minimum atomic E-state index is -0.491. The number of hydrogen-bond donors (Lipinski definition) is 1. The Bertz CT molecular complexity index is 375. The Kier molecular flexibility index (Phi) is 6.79. The largest absolute Gasteiger partial charge is 0.497 e. The van der Waals surface area contributed by atoms with Gasteiger partial charge in [-0.1, -0.05) is 19.8 Å². The number of nitrogens with one attached hydrogen (secondary N) is 1. The summed E-state index contributed by atoms with van der Waals surface area (Å²) in [6, 6.07) is 7.20. The number of unbranched alkanes of at least 4 members (excludes halogenated alkanes) is 2. The molecule has 0 aromatic heterocycles. The van der Waals surface area contributed by atoms with Crippen LogP contribution in [0.4, 0.5) is 0 Å². The van der Waals surface area contributed by atoms with Gasteiger partial charge in [0.2, 0.25) is 0 Å². The van der Waals surface area contributed by atoms with Gasteiger partial charge in [-0.05, 0) is 37.6 Å². The van der Waals surface area contributed by atoms with Gasteiger partial charge in [-0.2, -0.15) is 0 Å². The fourth-order valence-electron chi connectivity index (χ4n) is 1.64. The van der Waals surface area contributed by atoms with E-state index >= 15 is 0 Å². The Labute approximate surface area is 115 Å². The number of benzene rings is 1. The normalized spacial score (nSPS) is 11.7. The summed E-state index contributed by atoms with van der Waals surface area (Å²) in [5.74, 6) is 1.35. The van der Waals surface area contributed by atoms with Crippen LogP contribution in [0.25, 0.3) is 0 Å². The molecular formula is C15H23NO3. The molecule has 1 atom stereocenters. The van der Waals surface area contributed by atoms with E-state index < -0.39 is 6.10 Å². The molecule has 1 aromatic rings. The van der Waals surface area contributed by atoms with Crippen LogP contribution in [0.3, 0.4) is 0 Å². The fourth-order valence-corrected chi connectivity index (χ4v) is 1.64. The van der Waals surface area contributed by atoms with Crippen LogP contribution in [0.1, 0.15) is 33.1 Å². The summed E-state index contributed by atoms with van der Waals surface area (Å²) < 4.78 is 10.6. The molecule has 4 nitrogen and oxygen atoms in total. The highest BCUT2D eigenvalue weighted by Crippen LogP contribution is 2.18. The Hall–Kier alpha value is -1.71. The lowest BCUT2D eigenvalue weighted by atomic mass is 10.2. The standard InChI is InChI=1S/C15H23NO3/c1-4-5-6-11-16-15(17)12(2)19-14-9-7-13(18-3)8-10-14/h7-10,12H,4-6,11H2,1-3H3,(H,16,17). The van der Waals surface area contributed by atoms with Gasteiger partial charge in [-0.3, -0.25) is 4.79 Å². The molecule has 0 aliphatic rings. The van der Waals surface area contributed by atoms with Gasteiger partial charge in [0.05, 0.1) is 7.11 Å². The lowest BCUT2D eigenvalue weighted by molar-refractivity contribution is -0.127. The van der Waals surface area contributed by atoms with Gasteiger partial charge < -0.3 is 14.8 Å². The van der Waals surface area contributed by atoms with E-state index in [4.69, 9.17) is 9.47 Å². The smallest absolute Gasteiger partial charge is 0.260 e. The molecule has 0 saturated carbocycles. The van der Waals surface area contributed by atoms with E-state index in [1.165, 1.54) is 0 Å². The molecule has 0 saturated heterocycles. The first-order valence-corrected chi connectivity index (χ1v) is 6.75. The van der Waals surface area contributed by atoms with Gasteiger partial charge in [0, 0.05) is 6.54 Å². The minimum absolute atomic E-state index is 0.0769. The summed E-state index contributed by atoms with van der Waals surface area (Å²) in [4.78, 5) is 11.8. The number of amides is 1. The molecular weight excluding hydrogens is 242 g/mol. The molecule has 0 fully saturated rings. The van der Waals surface area contributed by atoms with Crippen molar-refractivity contribution in [1.29, 1.82) is 0 Å². The van der Waals surface area contributed by atoms with Gasteiger partial charge >= 0.3 is 0 Å². The van der Waals surface area contributed by atoms with Crippen molar-refractivity contribution in [3.05, 3.63) is 24.3 Å². The molecule has 0 bridgehead atoms. The van der Waals surface area contributed by atoms with Crippen LogP contribution in [0.2, 0.25) is 0 Å². The molecule has 1 aromatic carbocycles. The minimum Gasteiger partial charge on any atom is -0.497 e. The van der Waals surface area contributed by atoms with E-state index in [9.17, 15) is 4.79 Å². The van der Waals surface area contributed by atoms with Gasteiger partial charge in [-0.15, -0.1) is 0 Å². The lowest BCUT2D eigenvalue weighted by Crippen LogP contribution is -2.36. The summed E-state index contributed by atoms with van der Waals surface area (Å²) in [6.45, 7) is 4.60. The number of rotatable bonds is 8. The van der Waals surface area contributed by atoms with Crippen molar-refractivity contribution in [2.45, 2.75) is 39.2 Å². The van der Waals surface area contributed by atoms with Crippen molar-refractivity contribution in [3.8, 4) is 11.5 Å². The molecule has 0 aliphatic carbocycles. The van der Waals surface area contributed by atoms with Crippen molar-refractivity contribution >= 4 is 5.91 Å². The molecule has 0 radical (unpaired) electrons. The first-order valence-electron chi connectivity index (χ1n) is 6.75. The van der Waals surface area contributed by atoms with Gasteiger partial charge in [0.1, 0.15) is 11.5 Å². The van der Waals surface area contributed by atoms with Crippen molar-refractivity contribution in [2.24, 2.45) is 0 Å². The van der Waals surface area contributed by atoms with Crippen LogP contribution >= 0.6 is 0 Å². The second-order valence-corrected chi connectivity index (χ2v) is 4.43. The van der Waals surface area contributed by atoms with Gasteiger partial charge in [0.25, 0.3) is 5.91 Å². The Morgan fingerprint density at radius 1 is 1.21 bits per heavy atom. The average Bonchev–Trinajstić information content (AvgIpc) is 2.44. The Balaban J connectivity index is 2.35. The molecule has 1 unspecified atom stereocenters. The van der Waals surface area contributed by atoms with Crippen molar-refractivity contribution in [3.63, 3.8) is 0 Å². The maximum absolute atomic E-state index is 11.8. The molecule has 0 spiro atoms. The highest BCUT2D eigenvalue weighted by Gasteiger charge is 2.13. The first kappa shape index (κ1) is 15.3. The lowest BCUT2D eigenvalue weighted by Gasteiger charge is -2.14. The molecule has 0 aliphatic heterocycles. The fraction of sp³-hybridized carbons (Fsp3) is 0.533. The predicted molar refractivity (Wildman–Crippen MR) is 75.6 cm³/mol. The van der Waals surface area contributed by atoms with Gasteiger partial charge in [0.15, 0.2) is 6.10 Å². The summed E-state index contributed by atoms with van der Waals surface area (Å²) in [7, 11) is 1.61. The third-order valence-electron chi connectivity index (χ3n) is 2.82. The van der Waals surface area contributed by atoms with Crippen molar-refractivity contribution in [2.75, 3.05) is 13.7 Å². The van der Waals surface area contributed by atoms with Crippen LogP contribution < -0.4 is 14.8 Å². The summed E-state index contributed by atoms with van der Waals surface area (Å²) in [5.41, 5.74) is 0. The zero-order chi connectivity index (χ0) is 14.1. The number of hydrogen-bond acceptors (Lipinski definition) is 3. The summed E-state index contributed by atoms with van der Waals surface area (Å²) in [6.07, 6.45) is 2.80. The third-order valence-corrected chi connectivity index (χ3v) is 2.82. The summed E-state index contributed by atoms with van der Waals surface area (Å²) >= 11 is 0. The molecule has 0 heterocycles. The second-order valence-electron chi connectivity index (χ2n) is 4.43. The second kappa shape index (κ2) is 8.40. The molecule has 1 amide bonds. The van der Waals surface area contributed by atoms with Crippen molar-refractivity contribution in [1.82, 2.24) is 5.32 Å². The quantitative estimate of drug-likeness (QED) is 0.735.